The quantitative estimate of drug-likeness (QED) is 0.895. The van der Waals surface area contributed by atoms with E-state index in [1.54, 1.807) is 0 Å². The third kappa shape index (κ3) is 3.32. The van der Waals surface area contributed by atoms with Gasteiger partial charge in [0.15, 0.2) is 5.17 Å². The number of amidine groups is 1. The van der Waals surface area contributed by atoms with Crippen LogP contribution < -0.4 is 5.43 Å². The molecule has 1 N–H and O–H groups in total. The molecule has 2 atom stereocenters. The number of hydrogen-bond donors (Lipinski definition) is 1. The highest BCUT2D eigenvalue weighted by molar-refractivity contribution is 8.14. The third-order valence-corrected chi connectivity index (χ3v) is 5.12. The van der Waals surface area contributed by atoms with E-state index < -0.39 is 11.6 Å². The molecule has 1 aromatic carbocycles. The Labute approximate surface area is 133 Å². The van der Waals surface area contributed by atoms with Crippen LogP contribution in [0.3, 0.4) is 0 Å². The van der Waals surface area contributed by atoms with Gasteiger partial charge in [-0.05, 0) is 30.9 Å². The van der Waals surface area contributed by atoms with E-state index in [1.807, 2.05) is 0 Å². The lowest BCUT2D eigenvalue weighted by Crippen LogP contribution is -2.30. The second kappa shape index (κ2) is 6.77. The SMILES string of the molecule is C[C@@H]1CCCC[C@H]1N=C1NN=C(c2c(F)cccc2F)CS1. The van der Waals surface area contributed by atoms with Crippen LogP contribution in [-0.2, 0) is 0 Å². The summed E-state index contributed by atoms with van der Waals surface area (Å²) >= 11 is 1.45. The number of thioether (sulfide) groups is 1. The van der Waals surface area contributed by atoms with Crippen molar-refractivity contribution in [1.29, 1.82) is 0 Å². The molecule has 2 aliphatic rings. The molecule has 6 heteroatoms. The fourth-order valence-corrected chi connectivity index (χ4v) is 3.73. The minimum Gasteiger partial charge on any atom is -0.258 e. The minimum absolute atomic E-state index is 0.0485. The van der Waals surface area contributed by atoms with Crippen LogP contribution in [0, 0.1) is 17.6 Å². The van der Waals surface area contributed by atoms with Gasteiger partial charge in [-0.25, -0.2) is 8.78 Å². The van der Waals surface area contributed by atoms with Crippen LogP contribution in [0.2, 0.25) is 0 Å². The fourth-order valence-electron chi connectivity index (χ4n) is 2.92. The lowest BCUT2D eigenvalue weighted by Gasteiger charge is -2.26. The van der Waals surface area contributed by atoms with E-state index in [0.717, 1.165) is 11.6 Å². The van der Waals surface area contributed by atoms with Gasteiger partial charge < -0.3 is 0 Å². The van der Waals surface area contributed by atoms with Crippen molar-refractivity contribution >= 4 is 22.6 Å². The minimum atomic E-state index is -0.581. The number of benzene rings is 1. The molecule has 0 spiro atoms. The molecule has 1 saturated carbocycles. The molecule has 118 valence electrons. The first kappa shape index (κ1) is 15.5. The predicted octanol–water partition coefficient (Wildman–Crippen LogP) is 3.94. The van der Waals surface area contributed by atoms with Crippen LogP contribution in [-0.4, -0.2) is 22.7 Å². The Hall–Kier alpha value is -1.43. The number of aliphatic imine (C=N–C) groups is 1. The van der Waals surface area contributed by atoms with Gasteiger partial charge in [0.05, 0.1) is 17.3 Å². The molecule has 0 radical (unpaired) electrons. The summed E-state index contributed by atoms with van der Waals surface area (Å²) in [4.78, 5) is 4.72. The molecule has 3 nitrogen and oxygen atoms in total. The van der Waals surface area contributed by atoms with Gasteiger partial charge in [0.2, 0.25) is 0 Å². The first-order valence-corrected chi connectivity index (χ1v) is 8.61. The summed E-state index contributed by atoms with van der Waals surface area (Å²) in [7, 11) is 0. The lowest BCUT2D eigenvalue weighted by atomic mass is 9.86. The van der Waals surface area contributed by atoms with E-state index >= 15 is 0 Å². The van der Waals surface area contributed by atoms with Gasteiger partial charge >= 0.3 is 0 Å². The monoisotopic (exact) mass is 323 g/mol. The maximum Gasteiger partial charge on any atom is 0.177 e. The zero-order valence-electron chi connectivity index (χ0n) is 12.5. The highest BCUT2D eigenvalue weighted by Gasteiger charge is 2.23. The summed E-state index contributed by atoms with van der Waals surface area (Å²) in [6.45, 7) is 2.23. The largest absolute Gasteiger partial charge is 0.258 e. The normalized spacial score (nSPS) is 27.4. The van der Waals surface area contributed by atoms with Crippen LogP contribution >= 0.6 is 11.8 Å². The number of hydrogen-bond acceptors (Lipinski definition) is 3. The van der Waals surface area contributed by atoms with Gasteiger partial charge in [-0.2, -0.15) is 5.10 Å². The predicted molar refractivity (Wildman–Crippen MR) is 87.3 cm³/mol. The molecule has 1 aromatic rings. The number of halogens is 2. The Kier molecular flexibility index (Phi) is 4.76. The highest BCUT2D eigenvalue weighted by atomic mass is 32.2. The molecule has 0 saturated heterocycles. The van der Waals surface area contributed by atoms with Crippen molar-refractivity contribution in [1.82, 2.24) is 5.43 Å². The highest BCUT2D eigenvalue weighted by Crippen LogP contribution is 2.27. The summed E-state index contributed by atoms with van der Waals surface area (Å²) in [6, 6.07) is 4.18. The van der Waals surface area contributed by atoms with Crippen LogP contribution in [0.15, 0.2) is 28.3 Å². The van der Waals surface area contributed by atoms with E-state index in [2.05, 4.69) is 17.5 Å². The molecular weight excluding hydrogens is 304 g/mol. The molecule has 1 aliphatic carbocycles. The molecular formula is C16H19F2N3S. The van der Waals surface area contributed by atoms with Gasteiger partial charge in [0, 0.05) is 5.75 Å². The smallest absolute Gasteiger partial charge is 0.177 e. The van der Waals surface area contributed by atoms with E-state index in [0.29, 0.717) is 23.4 Å². The van der Waals surface area contributed by atoms with Gasteiger partial charge in [-0.3, -0.25) is 10.4 Å². The molecule has 0 bridgehead atoms. The number of rotatable bonds is 2. The summed E-state index contributed by atoms with van der Waals surface area (Å²) in [5.74, 6) is -0.159. The van der Waals surface area contributed by atoms with Crippen LogP contribution in [0.25, 0.3) is 0 Å². The maximum atomic E-state index is 13.8. The second-order valence-electron chi connectivity index (χ2n) is 5.82. The molecule has 1 heterocycles. The van der Waals surface area contributed by atoms with Crippen molar-refractivity contribution in [2.24, 2.45) is 16.0 Å². The number of nitrogens with one attached hydrogen (secondary N) is 1. The average Bonchev–Trinajstić information content (AvgIpc) is 2.51. The van der Waals surface area contributed by atoms with Crippen molar-refractivity contribution in [3.63, 3.8) is 0 Å². The van der Waals surface area contributed by atoms with Crippen molar-refractivity contribution in [3.8, 4) is 0 Å². The van der Waals surface area contributed by atoms with Crippen molar-refractivity contribution in [3.05, 3.63) is 35.4 Å². The summed E-state index contributed by atoms with van der Waals surface area (Å²) in [5.41, 5.74) is 3.19. The average molecular weight is 323 g/mol. The molecule has 22 heavy (non-hydrogen) atoms. The van der Waals surface area contributed by atoms with Gasteiger partial charge in [0.1, 0.15) is 11.6 Å². The fraction of sp³-hybridized carbons (Fsp3) is 0.500. The topological polar surface area (TPSA) is 36.8 Å². The Morgan fingerprint density at radius 2 is 1.95 bits per heavy atom. The second-order valence-corrected chi connectivity index (χ2v) is 6.78. The van der Waals surface area contributed by atoms with Gasteiger partial charge in [0.25, 0.3) is 0 Å². The lowest BCUT2D eigenvalue weighted by molar-refractivity contribution is 0.333. The first-order chi connectivity index (χ1) is 10.6. The van der Waals surface area contributed by atoms with Crippen LogP contribution in [0.4, 0.5) is 8.78 Å². The van der Waals surface area contributed by atoms with E-state index in [4.69, 9.17) is 4.99 Å². The Bertz CT molecular complexity index is 595. The third-order valence-electron chi connectivity index (χ3n) is 4.23. The number of hydrazone groups is 1. The molecule has 1 aliphatic heterocycles. The van der Waals surface area contributed by atoms with E-state index in [-0.39, 0.29) is 5.56 Å². The molecule has 0 aromatic heterocycles. The molecule has 3 rings (SSSR count). The van der Waals surface area contributed by atoms with Crippen molar-refractivity contribution in [2.75, 3.05) is 5.75 Å². The molecule has 0 amide bonds. The van der Waals surface area contributed by atoms with E-state index in [1.165, 1.54) is 49.2 Å². The van der Waals surface area contributed by atoms with Gasteiger partial charge in [-0.1, -0.05) is 37.6 Å². The van der Waals surface area contributed by atoms with Crippen LogP contribution in [0.5, 0.6) is 0 Å². The molecule has 1 fully saturated rings. The Morgan fingerprint density at radius 3 is 2.59 bits per heavy atom. The van der Waals surface area contributed by atoms with Gasteiger partial charge in [-0.15, -0.1) is 0 Å². The number of nitrogens with zero attached hydrogens (tertiary/aromatic N) is 2. The zero-order chi connectivity index (χ0) is 15.5. The molecule has 0 unspecified atom stereocenters. The van der Waals surface area contributed by atoms with Crippen LogP contribution in [0.1, 0.15) is 38.2 Å². The summed E-state index contributed by atoms with van der Waals surface area (Å²) in [6.07, 6.45) is 4.80. The summed E-state index contributed by atoms with van der Waals surface area (Å²) < 4.78 is 27.5. The van der Waals surface area contributed by atoms with Crippen molar-refractivity contribution in [2.45, 2.75) is 38.6 Å². The first-order valence-electron chi connectivity index (χ1n) is 7.62. The zero-order valence-corrected chi connectivity index (χ0v) is 13.3. The Balaban J connectivity index is 1.74. The summed E-state index contributed by atoms with van der Waals surface area (Å²) in [5, 5.41) is 4.88. The standard InChI is InChI=1S/C16H19F2N3S/c1-10-5-2-3-8-13(10)19-16-21-20-14(9-22-16)15-11(17)6-4-7-12(15)18/h4,6-7,10,13H,2-3,5,8-9H2,1H3,(H,19,21)/t10-,13-/m1/s1. The van der Waals surface area contributed by atoms with Crippen molar-refractivity contribution < 1.29 is 8.78 Å². The maximum absolute atomic E-state index is 13.8. The van der Waals surface area contributed by atoms with E-state index in [9.17, 15) is 8.78 Å². The Morgan fingerprint density at radius 1 is 1.23 bits per heavy atom.